The molecule has 0 fully saturated rings. The first kappa shape index (κ1) is 13.8. The van der Waals surface area contributed by atoms with Crippen LogP contribution in [0.3, 0.4) is 0 Å². The molecule has 0 bridgehead atoms. The van der Waals surface area contributed by atoms with Crippen LogP contribution in [-0.2, 0) is 6.54 Å². The summed E-state index contributed by atoms with van der Waals surface area (Å²) in [5, 5.41) is 2.70. The van der Waals surface area contributed by atoms with Crippen molar-refractivity contribution >= 4 is 23.2 Å². The number of carbonyl (C=O) groups excluding carboxylic acids is 2. The van der Waals surface area contributed by atoms with E-state index >= 15 is 0 Å². The molecule has 1 aliphatic heterocycles. The maximum absolute atomic E-state index is 12.4. The number of rotatable bonds is 3. The lowest BCUT2D eigenvalue weighted by atomic mass is 10.1. The van der Waals surface area contributed by atoms with E-state index in [1.165, 1.54) is 16.2 Å². The summed E-state index contributed by atoms with van der Waals surface area (Å²) < 4.78 is 0. The predicted octanol–water partition coefficient (Wildman–Crippen LogP) is 3.61. The van der Waals surface area contributed by atoms with Gasteiger partial charge in [0, 0.05) is 10.9 Å². The molecule has 0 radical (unpaired) electrons. The SMILES string of the molecule is O=C1c2ccccc2C(=O)N1Cc1nc(-c2ccccc2)cs1. The molecule has 0 unspecified atom stereocenters. The maximum atomic E-state index is 12.4. The van der Waals surface area contributed by atoms with E-state index in [2.05, 4.69) is 4.98 Å². The molecular weight excluding hydrogens is 308 g/mol. The van der Waals surface area contributed by atoms with E-state index in [0.29, 0.717) is 11.1 Å². The Morgan fingerprint density at radius 1 is 0.870 bits per heavy atom. The molecule has 0 saturated carbocycles. The van der Waals surface area contributed by atoms with Gasteiger partial charge in [0.2, 0.25) is 0 Å². The number of hydrogen-bond donors (Lipinski definition) is 0. The fourth-order valence-corrected chi connectivity index (χ4v) is 3.43. The molecular formula is C18H12N2O2S. The van der Waals surface area contributed by atoms with Crippen molar-refractivity contribution in [2.75, 3.05) is 0 Å². The average molecular weight is 320 g/mol. The van der Waals surface area contributed by atoms with Gasteiger partial charge in [-0.3, -0.25) is 14.5 Å². The Balaban J connectivity index is 1.60. The summed E-state index contributed by atoms with van der Waals surface area (Å²) in [7, 11) is 0. The van der Waals surface area contributed by atoms with Crippen LogP contribution < -0.4 is 0 Å². The number of nitrogens with zero attached hydrogens (tertiary/aromatic N) is 2. The van der Waals surface area contributed by atoms with Crippen molar-refractivity contribution in [2.24, 2.45) is 0 Å². The zero-order chi connectivity index (χ0) is 15.8. The summed E-state index contributed by atoms with van der Waals surface area (Å²) in [6.07, 6.45) is 0. The van der Waals surface area contributed by atoms with Gasteiger partial charge in [0.1, 0.15) is 5.01 Å². The highest BCUT2D eigenvalue weighted by Gasteiger charge is 2.35. The largest absolute Gasteiger partial charge is 0.269 e. The summed E-state index contributed by atoms with van der Waals surface area (Å²) in [6, 6.07) is 16.8. The summed E-state index contributed by atoms with van der Waals surface area (Å²) in [6.45, 7) is 0.212. The summed E-state index contributed by atoms with van der Waals surface area (Å²) in [5.41, 5.74) is 2.83. The van der Waals surface area contributed by atoms with Crippen LogP contribution in [0.1, 0.15) is 25.7 Å². The van der Waals surface area contributed by atoms with Crippen LogP contribution in [0.5, 0.6) is 0 Å². The highest BCUT2D eigenvalue weighted by atomic mass is 32.1. The standard InChI is InChI=1S/C18H12N2O2S/c21-17-13-8-4-5-9-14(13)18(22)20(17)10-16-19-15(11-23-16)12-6-2-1-3-7-12/h1-9,11H,10H2. The average Bonchev–Trinajstić information content (AvgIpc) is 3.16. The predicted molar refractivity (Wildman–Crippen MR) is 88.2 cm³/mol. The molecule has 0 spiro atoms. The molecule has 4 nitrogen and oxygen atoms in total. The summed E-state index contributed by atoms with van der Waals surface area (Å²) in [4.78, 5) is 30.6. The number of carbonyl (C=O) groups is 2. The van der Waals surface area contributed by atoms with E-state index in [1.807, 2.05) is 35.7 Å². The second-order valence-electron chi connectivity index (χ2n) is 5.23. The Labute approximate surface area is 137 Å². The topological polar surface area (TPSA) is 50.3 Å². The summed E-state index contributed by atoms with van der Waals surface area (Å²) >= 11 is 1.46. The molecule has 3 aromatic rings. The van der Waals surface area contributed by atoms with Crippen molar-refractivity contribution in [1.29, 1.82) is 0 Å². The number of benzene rings is 2. The molecule has 23 heavy (non-hydrogen) atoms. The Kier molecular flexibility index (Phi) is 3.28. The van der Waals surface area contributed by atoms with Gasteiger partial charge in [0.15, 0.2) is 0 Å². The molecule has 2 amide bonds. The van der Waals surface area contributed by atoms with Crippen molar-refractivity contribution in [2.45, 2.75) is 6.54 Å². The van der Waals surface area contributed by atoms with Crippen molar-refractivity contribution in [3.05, 3.63) is 76.1 Å². The van der Waals surface area contributed by atoms with Crippen molar-refractivity contribution < 1.29 is 9.59 Å². The zero-order valence-corrected chi connectivity index (χ0v) is 12.9. The quantitative estimate of drug-likeness (QED) is 0.693. The Bertz CT molecular complexity index is 867. The Morgan fingerprint density at radius 3 is 2.13 bits per heavy atom. The molecule has 0 atom stereocenters. The molecule has 0 N–H and O–H groups in total. The van der Waals surface area contributed by atoms with Crippen LogP contribution in [-0.4, -0.2) is 21.7 Å². The monoisotopic (exact) mass is 320 g/mol. The normalized spacial score (nSPS) is 13.5. The van der Waals surface area contributed by atoms with Gasteiger partial charge >= 0.3 is 0 Å². The lowest BCUT2D eigenvalue weighted by Gasteiger charge is -2.11. The van der Waals surface area contributed by atoms with Crippen LogP contribution in [0.2, 0.25) is 0 Å². The van der Waals surface area contributed by atoms with Crippen LogP contribution in [0.4, 0.5) is 0 Å². The molecule has 1 aromatic heterocycles. The molecule has 1 aliphatic rings. The van der Waals surface area contributed by atoms with Gasteiger partial charge in [-0.2, -0.15) is 0 Å². The van der Waals surface area contributed by atoms with Gasteiger partial charge in [-0.25, -0.2) is 4.98 Å². The lowest BCUT2D eigenvalue weighted by molar-refractivity contribution is 0.0642. The molecule has 0 aliphatic carbocycles. The zero-order valence-electron chi connectivity index (χ0n) is 12.1. The van der Waals surface area contributed by atoms with Gasteiger partial charge in [-0.05, 0) is 12.1 Å². The van der Waals surface area contributed by atoms with E-state index in [0.717, 1.165) is 16.3 Å². The number of fused-ring (bicyclic) bond motifs is 1. The minimum absolute atomic E-state index is 0.212. The first-order valence-corrected chi connectivity index (χ1v) is 8.07. The third kappa shape index (κ3) is 2.35. The first-order chi connectivity index (χ1) is 11.2. The number of hydrogen-bond acceptors (Lipinski definition) is 4. The lowest BCUT2D eigenvalue weighted by Crippen LogP contribution is -2.29. The van der Waals surface area contributed by atoms with E-state index in [4.69, 9.17) is 0 Å². The molecule has 5 heteroatoms. The molecule has 0 saturated heterocycles. The van der Waals surface area contributed by atoms with Gasteiger partial charge in [0.05, 0.1) is 23.4 Å². The van der Waals surface area contributed by atoms with Gasteiger partial charge in [0.25, 0.3) is 11.8 Å². The van der Waals surface area contributed by atoms with Gasteiger partial charge in [-0.15, -0.1) is 11.3 Å². The van der Waals surface area contributed by atoms with Crippen LogP contribution in [0.15, 0.2) is 60.0 Å². The fraction of sp³-hybridized carbons (Fsp3) is 0.0556. The van der Waals surface area contributed by atoms with Gasteiger partial charge < -0.3 is 0 Å². The van der Waals surface area contributed by atoms with E-state index in [1.54, 1.807) is 24.3 Å². The Morgan fingerprint density at radius 2 is 1.48 bits per heavy atom. The van der Waals surface area contributed by atoms with Crippen molar-refractivity contribution in [3.63, 3.8) is 0 Å². The number of imide groups is 1. The van der Waals surface area contributed by atoms with Crippen LogP contribution >= 0.6 is 11.3 Å². The van der Waals surface area contributed by atoms with Gasteiger partial charge in [-0.1, -0.05) is 42.5 Å². The third-order valence-electron chi connectivity index (χ3n) is 3.79. The van der Waals surface area contributed by atoms with Crippen LogP contribution in [0, 0.1) is 0 Å². The Hall–Kier alpha value is -2.79. The molecule has 112 valence electrons. The minimum atomic E-state index is -0.248. The van der Waals surface area contributed by atoms with E-state index < -0.39 is 0 Å². The van der Waals surface area contributed by atoms with E-state index in [-0.39, 0.29) is 18.4 Å². The summed E-state index contributed by atoms with van der Waals surface area (Å²) in [5.74, 6) is -0.496. The number of aromatic nitrogens is 1. The molecule has 2 aromatic carbocycles. The first-order valence-electron chi connectivity index (χ1n) is 7.19. The third-order valence-corrected chi connectivity index (χ3v) is 4.63. The van der Waals surface area contributed by atoms with E-state index in [9.17, 15) is 9.59 Å². The molecule has 2 heterocycles. The highest BCUT2D eigenvalue weighted by molar-refractivity contribution is 7.09. The highest BCUT2D eigenvalue weighted by Crippen LogP contribution is 2.27. The minimum Gasteiger partial charge on any atom is -0.269 e. The number of amides is 2. The number of thiazole rings is 1. The second kappa shape index (κ2) is 5.44. The van der Waals surface area contributed by atoms with Crippen molar-refractivity contribution in [3.8, 4) is 11.3 Å². The second-order valence-corrected chi connectivity index (χ2v) is 6.18. The fourth-order valence-electron chi connectivity index (χ4n) is 2.64. The smallest absolute Gasteiger partial charge is 0.261 e. The molecule has 4 rings (SSSR count). The maximum Gasteiger partial charge on any atom is 0.261 e. The van der Waals surface area contributed by atoms with Crippen LogP contribution in [0.25, 0.3) is 11.3 Å². The van der Waals surface area contributed by atoms with Crippen molar-refractivity contribution in [1.82, 2.24) is 9.88 Å².